The van der Waals surface area contributed by atoms with Gasteiger partial charge in [0.15, 0.2) is 12.1 Å². The van der Waals surface area contributed by atoms with Crippen LogP contribution in [-0.4, -0.2) is 80.6 Å². The van der Waals surface area contributed by atoms with Gasteiger partial charge in [0.25, 0.3) is 0 Å². The first-order chi connectivity index (χ1) is 24.1. The summed E-state index contributed by atoms with van der Waals surface area (Å²) in [7, 11) is 5.49. The minimum Gasteiger partial charge on any atom is -0.477 e. The molecule has 0 aromatic rings. The molecule has 8 nitrogen and oxygen atoms in total. The molecule has 0 aliphatic carbocycles. The Bertz CT molecular complexity index is 1010. The molecular weight excluding hydrogens is 630 g/mol. The van der Waals surface area contributed by atoms with E-state index in [1.165, 1.54) is 25.7 Å². The van der Waals surface area contributed by atoms with Gasteiger partial charge in [-0.05, 0) is 57.8 Å². The number of hydrogen-bond donors (Lipinski definition) is 1. The molecule has 0 aliphatic rings. The van der Waals surface area contributed by atoms with Crippen LogP contribution in [0.2, 0.25) is 0 Å². The minimum atomic E-state index is -0.885. The van der Waals surface area contributed by atoms with Crippen LogP contribution in [0.4, 0.5) is 0 Å². The van der Waals surface area contributed by atoms with Crippen LogP contribution in [0.25, 0.3) is 0 Å². The highest BCUT2D eigenvalue weighted by Crippen LogP contribution is 2.12. The van der Waals surface area contributed by atoms with E-state index in [0.717, 1.165) is 77.0 Å². The van der Waals surface area contributed by atoms with Crippen LogP contribution in [0.3, 0.4) is 0 Å². The second-order valence-corrected chi connectivity index (χ2v) is 13.8. The van der Waals surface area contributed by atoms with E-state index in [2.05, 4.69) is 74.6 Å². The van der Waals surface area contributed by atoms with Crippen molar-refractivity contribution in [3.8, 4) is 0 Å². The van der Waals surface area contributed by atoms with Gasteiger partial charge in [-0.1, -0.05) is 120 Å². The standard InChI is InChI=1S/C42H71NO7/c1-6-8-10-12-14-15-16-17-18-19-20-21-22-23-24-25-27-29-31-33-41(45)50-38(36-48-35-34-39(42(46)47)43(3,4)5)37-49-40(44)32-30-28-26-13-11-9-7-2/h8,10,14-15,17-18,20-21,23-24,38-39H,6-7,9,11-13,16,19,22,25-37H2,1-5H3/p+1/b10-8+,15-14+,18-17+,21-20+,24-23+. The number of rotatable bonds is 33. The average Bonchev–Trinajstić information content (AvgIpc) is 3.06. The Hall–Kier alpha value is -2.97. The molecular formula is C42H72NO7+. The van der Waals surface area contributed by atoms with Gasteiger partial charge in [0, 0.05) is 19.3 Å². The number of unbranched alkanes of at least 4 members (excludes halogenated alkanes) is 9. The molecule has 0 aromatic heterocycles. The van der Waals surface area contributed by atoms with Crippen molar-refractivity contribution in [1.29, 1.82) is 0 Å². The van der Waals surface area contributed by atoms with E-state index < -0.39 is 18.1 Å². The molecule has 0 radical (unpaired) electrons. The average molecular weight is 703 g/mol. The van der Waals surface area contributed by atoms with Crippen molar-refractivity contribution in [2.75, 3.05) is 41.0 Å². The van der Waals surface area contributed by atoms with Crippen LogP contribution in [0.15, 0.2) is 60.8 Å². The van der Waals surface area contributed by atoms with Crippen molar-refractivity contribution in [1.82, 2.24) is 0 Å². The Kier molecular flexibility index (Phi) is 31.2. The predicted molar refractivity (Wildman–Crippen MR) is 206 cm³/mol. The molecule has 2 atom stereocenters. The van der Waals surface area contributed by atoms with Crippen LogP contribution in [-0.2, 0) is 28.6 Å². The molecule has 0 fully saturated rings. The highest BCUT2D eigenvalue weighted by Gasteiger charge is 2.31. The summed E-state index contributed by atoms with van der Waals surface area (Å²) >= 11 is 0. The molecule has 0 spiro atoms. The topological polar surface area (TPSA) is 99.1 Å². The smallest absolute Gasteiger partial charge is 0.362 e. The molecule has 0 saturated heterocycles. The Morgan fingerprint density at radius 3 is 1.66 bits per heavy atom. The number of allylic oxidation sites excluding steroid dienone is 10. The maximum atomic E-state index is 12.6. The van der Waals surface area contributed by atoms with Gasteiger partial charge in [-0.25, -0.2) is 4.79 Å². The number of hydrogen-bond acceptors (Lipinski definition) is 6. The van der Waals surface area contributed by atoms with Crippen molar-refractivity contribution < 1.29 is 38.2 Å². The second-order valence-electron chi connectivity index (χ2n) is 13.8. The number of aliphatic carboxylic acids is 1. The number of ether oxygens (including phenoxy) is 3. The van der Waals surface area contributed by atoms with Gasteiger partial charge in [-0.15, -0.1) is 0 Å². The largest absolute Gasteiger partial charge is 0.477 e. The first-order valence-corrected chi connectivity index (χ1v) is 19.3. The number of carbonyl (C=O) groups is 3. The van der Waals surface area contributed by atoms with Gasteiger partial charge in [-0.2, -0.15) is 0 Å². The van der Waals surface area contributed by atoms with E-state index in [1.807, 2.05) is 21.1 Å². The lowest BCUT2D eigenvalue weighted by Crippen LogP contribution is -2.50. The van der Waals surface area contributed by atoms with Crippen LogP contribution >= 0.6 is 0 Å². The SMILES string of the molecule is CC/C=C/C/C=C/C/C=C/C/C=C/C/C=C/CCCCCC(=O)OC(COCCC(C(=O)O)[N+](C)(C)C)COC(=O)CCCCCCCCC. The Labute approximate surface area is 305 Å². The molecule has 0 aliphatic heterocycles. The van der Waals surface area contributed by atoms with E-state index in [0.29, 0.717) is 12.8 Å². The first kappa shape index (κ1) is 47.0. The normalized spacial score (nSPS) is 13.7. The zero-order chi connectivity index (χ0) is 37.1. The zero-order valence-corrected chi connectivity index (χ0v) is 32.3. The summed E-state index contributed by atoms with van der Waals surface area (Å²) < 4.78 is 17.1. The van der Waals surface area contributed by atoms with E-state index in [9.17, 15) is 19.5 Å². The molecule has 0 bridgehead atoms. The number of likely N-dealkylation sites (N-methyl/N-ethyl adjacent to an activating group) is 1. The number of carbonyl (C=O) groups excluding carboxylic acids is 2. The third-order valence-corrected chi connectivity index (χ3v) is 8.18. The molecule has 1 N–H and O–H groups in total. The summed E-state index contributed by atoms with van der Waals surface area (Å²) in [5.41, 5.74) is 0. The fourth-order valence-electron chi connectivity index (χ4n) is 5.17. The predicted octanol–water partition coefficient (Wildman–Crippen LogP) is 9.85. The summed E-state index contributed by atoms with van der Waals surface area (Å²) in [6.07, 6.45) is 38.5. The third kappa shape index (κ3) is 31.0. The molecule has 0 aromatic carbocycles. The summed E-state index contributed by atoms with van der Waals surface area (Å²) in [4.78, 5) is 36.6. The zero-order valence-electron chi connectivity index (χ0n) is 32.3. The first-order valence-electron chi connectivity index (χ1n) is 19.3. The van der Waals surface area contributed by atoms with Crippen molar-refractivity contribution in [3.63, 3.8) is 0 Å². The van der Waals surface area contributed by atoms with Crippen LogP contribution in [0.5, 0.6) is 0 Å². The van der Waals surface area contributed by atoms with E-state index in [1.54, 1.807) is 0 Å². The molecule has 0 heterocycles. The van der Waals surface area contributed by atoms with Crippen molar-refractivity contribution in [2.45, 2.75) is 148 Å². The summed E-state index contributed by atoms with van der Waals surface area (Å²) in [6, 6.07) is -0.620. The molecule has 0 amide bonds. The summed E-state index contributed by atoms with van der Waals surface area (Å²) in [5.74, 6) is -1.53. The van der Waals surface area contributed by atoms with E-state index in [-0.39, 0.29) is 42.7 Å². The third-order valence-electron chi connectivity index (χ3n) is 8.18. The Balaban J connectivity index is 4.42. The van der Waals surface area contributed by atoms with Crippen molar-refractivity contribution in [2.24, 2.45) is 0 Å². The van der Waals surface area contributed by atoms with E-state index in [4.69, 9.17) is 14.2 Å². The Morgan fingerprint density at radius 1 is 0.620 bits per heavy atom. The monoisotopic (exact) mass is 703 g/mol. The molecule has 2 unspecified atom stereocenters. The lowest BCUT2D eigenvalue weighted by Gasteiger charge is -2.31. The lowest BCUT2D eigenvalue weighted by atomic mass is 10.1. The van der Waals surface area contributed by atoms with Crippen LogP contribution in [0, 0.1) is 0 Å². The molecule has 0 saturated carbocycles. The number of esters is 2. The molecule has 50 heavy (non-hydrogen) atoms. The number of carboxylic acid groups (broad SMARTS) is 1. The van der Waals surface area contributed by atoms with Crippen molar-refractivity contribution >= 4 is 17.9 Å². The van der Waals surface area contributed by atoms with Crippen molar-refractivity contribution in [3.05, 3.63) is 60.8 Å². The quantitative estimate of drug-likeness (QED) is 0.0315. The fourth-order valence-corrected chi connectivity index (χ4v) is 5.17. The highest BCUT2D eigenvalue weighted by molar-refractivity contribution is 5.72. The Morgan fingerprint density at radius 2 is 1.12 bits per heavy atom. The number of carboxylic acids is 1. The molecule has 286 valence electrons. The highest BCUT2D eigenvalue weighted by atomic mass is 16.6. The van der Waals surface area contributed by atoms with Gasteiger partial charge in [0.2, 0.25) is 0 Å². The van der Waals surface area contributed by atoms with Crippen LogP contribution in [0.1, 0.15) is 136 Å². The maximum Gasteiger partial charge on any atom is 0.362 e. The summed E-state index contributed by atoms with van der Waals surface area (Å²) in [5, 5.41) is 9.57. The van der Waals surface area contributed by atoms with Gasteiger partial charge in [0.05, 0.1) is 34.4 Å². The fraction of sp³-hybridized carbons (Fsp3) is 0.690. The second kappa shape index (κ2) is 33.2. The van der Waals surface area contributed by atoms with E-state index >= 15 is 0 Å². The molecule has 8 heteroatoms. The maximum absolute atomic E-state index is 12.6. The van der Waals surface area contributed by atoms with Gasteiger partial charge in [-0.3, -0.25) is 9.59 Å². The molecule has 0 rings (SSSR count). The van der Waals surface area contributed by atoms with Crippen LogP contribution < -0.4 is 0 Å². The van der Waals surface area contributed by atoms with Gasteiger partial charge >= 0.3 is 17.9 Å². The number of quaternary nitrogens is 1. The van der Waals surface area contributed by atoms with Gasteiger partial charge in [0.1, 0.15) is 6.61 Å². The van der Waals surface area contributed by atoms with Gasteiger partial charge < -0.3 is 23.8 Å². The number of nitrogens with zero attached hydrogens (tertiary/aromatic N) is 1. The minimum absolute atomic E-state index is 0.0456. The summed E-state index contributed by atoms with van der Waals surface area (Å²) in [6.45, 7) is 4.51. The lowest BCUT2D eigenvalue weighted by molar-refractivity contribution is -0.887.